The van der Waals surface area contributed by atoms with Crippen molar-refractivity contribution >= 4 is 15.9 Å². The van der Waals surface area contributed by atoms with Crippen LogP contribution in [0.15, 0.2) is 34.8 Å². The van der Waals surface area contributed by atoms with Crippen molar-refractivity contribution in [3.63, 3.8) is 0 Å². The van der Waals surface area contributed by atoms with Gasteiger partial charge in [-0.2, -0.15) is 0 Å². The maximum atomic E-state index is 9.52. The molecule has 0 saturated heterocycles. The van der Waals surface area contributed by atoms with E-state index in [0.29, 0.717) is 10.0 Å². The van der Waals surface area contributed by atoms with Crippen LogP contribution in [0.4, 0.5) is 0 Å². The van der Waals surface area contributed by atoms with Gasteiger partial charge in [-0.05, 0) is 21.5 Å². The van der Waals surface area contributed by atoms with Crippen LogP contribution in [0.2, 0.25) is 0 Å². The molecule has 0 aliphatic carbocycles. The molecule has 3 nitrogen and oxygen atoms in total. The summed E-state index contributed by atoms with van der Waals surface area (Å²) in [5, 5.41) is 18.8. The van der Waals surface area contributed by atoms with Crippen molar-refractivity contribution in [2.45, 2.75) is 0 Å². The van der Waals surface area contributed by atoms with Gasteiger partial charge in [-0.1, -0.05) is 30.3 Å². The summed E-state index contributed by atoms with van der Waals surface area (Å²) in [4.78, 5) is 2.44. The normalized spacial score (nSPS) is 10.4. The van der Waals surface area contributed by atoms with Crippen LogP contribution >= 0.6 is 15.9 Å². The van der Waals surface area contributed by atoms with Crippen molar-refractivity contribution in [1.82, 2.24) is 4.98 Å². The molecule has 2 rings (SSSR count). The molecule has 3 N–H and O–H groups in total. The van der Waals surface area contributed by atoms with Gasteiger partial charge in [-0.15, -0.1) is 0 Å². The van der Waals surface area contributed by atoms with Gasteiger partial charge < -0.3 is 10.2 Å². The lowest BCUT2D eigenvalue weighted by molar-refractivity contribution is 0.425. The second-order valence-electron chi connectivity index (χ2n) is 2.88. The molecule has 1 aromatic carbocycles. The minimum absolute atomic E-state index is 0.0411. The van der Waals surface area contributed by atoms with E-state index in [0.717, 1.165) is 5.56 Å². The summed E-state index contributed by atoms with van der Waals surface area (Å²) in [6, 6.07) is 9.33. The average Bonchev–Trinajstić information content (AvgIpc) is 2.43. The molecule has 0 aliphatic rings. The predicted octanol–water partition coefficient (Wildman–Crippen LogP) is 2.86. The Kier molecular flexibility index (Phi) is 2.21. The van der Waals surface area contributed by atoms with E-state index in [-0.39, 0.29) is 11.8 Å². The Morgan fingerprint density at radius 1 is 1.00 bits per heavy atom. The van der Waals surface area contributed by atoms with Crippen molar-refractivity contribution in [1.29, 1.82) is 0 Å². The minimum Gasteiger partial charge on any atom is -0.494 e. The molecule has 0 aliphatic heterocycles. The third-order valence-corrected chi connectivity index (χ3v) is 2.74. The molecule has 1 aromatic heterocycles. The summed E-state index contributed by atoms with van der Waals surface area (Å²) in [6.07, 6.45) is 0. The van der Waals surface area contributed by atoms with Gasteiger partial charge in [0, 0.05) is 0 Å². The maximum absolute atomic E-state index is 9.52. The first-order valence-electron chi connectivity index (χ1n) is 4.05. The first-order chi connectivity index (χ1) is 6.70. The lowest BCUT2D eigenvalue weighted by Gasteiger charge is -1.98. The molecule has 14 heavy (non-hydrogen) atoms. The summed E-state index contributed by atoms with van der Waals surface area (Å²) in [7, 11) is 0. The highest BCUT2D eigenvalue weighted by atomic mass is 79.9. The monoisotopic (exact) mass is 253 g/mol. The van der Waals surface area contributed by atoms with Gasteiger partial charge in [0.15, 0.2) is 0 Å². The molecule has 0 bridgehead atoms. The number of aromatic nitrogens is 1. The van der Waals surface area contributed by atoms with E-state index in [4.69, 9.17) is 0 Å². The van der Waals surface area contributed by atoms with Gasteiger partial charge in [0.25, 0.3) is 0 Å². The summed E-state index contributed by atoms with van der Waals surface area (Å²) in [5.41, 5.74) is 1.41. The van der Waals surface area contributed by atoms with E-state index in [2.05, 4.69) is 20.9 Å². The number of rotatable bonds is 1. The number of benzene rings is 1. The zero-order chi connectivity index (χ0) is 10.1. The number of hydrogen-bond acceptors (Lipinski definition) is 2. The van der Waals surface area contributed by atoms with Crippen LogP contribution < -0.4 is 0 Å². The van der Waals surface area contributed by atoms with Gasteiger partial charge in [-0.25, -0.2) is 0 Å². The summed E-state index contributed by atoms with van der Waals surface area (Å²) in [6.45, 7) is 0. The van der Waals surface area contributed by atoms with Gasteiger partial charge in [0.05, 0.1) is 10.0 Å². The molecule has 72 valence electrons. The number of halogens is 1. The summed E-state index contributed by atoms with van der Waals surface area (Å²) < 4.78 is 0.473. The van der Waals surface area contributed by atoms with Crippen molar-refractivity contribution in [2.75, 3.05) is 0 Å². The number of aromatic hydroxyl groups is 2. The van der Waals surface area contributed by atoms with Crippen LogP contribution in [0.25, 0.3) is 11.1 Å². The van der Waals surface area contributed by atoms with E-state index < -0.39 is 0 Å². The number of nitrogens with one attached hydrogen (secondary N) is 1. The van der Waals surface area contributed by atoms with Crippen LogP contribution in [-0.2, 0) is 0 Å². The van der Waals surface area contributed by atoms with E-state index in [9.17, 15) is 10.2 Å². The smallest absolute Gasteiger partial charge is 0.206 e. The predicted molar refractivity (Wildman–Crippen MR) is 57.3 cm³/mol. The molecule has 2 aromatic rings. The molecular formula is C10H8BrNO2. The van der Waals surface area contributed by atoms with Crippen LogP contribution in [0.3, 0.4) is 0 Å². The molecule has 0 unspecified atom stereocenters. The van der Waals surface area contributed by atoms with Crippen LogP contribution in [0.5, 0.6) is 11.8 Å². The Hall–Kier alpha value is -1.42. The fourth-order valence-electron chi connectivity index (χ4n) is 1.32. The highest BCUT2D eigenvalue weighted by molar-refractivity contribution is 9.10. The number of hydrogen-bond donors (Lipinski definition) is 3. The number of aromatic amines is 1. The lowest BCUT2D eigenvalue weighted by atomic mass is 10.1. The maximum Gasteiger partial charge on any atom is 0.206 e. The Morgan fingerprint density at radius 2 is 1.64 bits per heavy atom. The Morgan fingerprint density at radius 3 is 2.14 bits per heavy atom. The highest BCUT2D eigenvalue weighted by Crippen LogP contribution is 2.41. The fraction of sp³-hybridized carbons (Fsp3) is 0. The molecular weight excluding hydrogens is 246 g/mol. The summed E-state index contributed by atoms with van der Waals surface area (Å²) >= 11 is 3.20. The van der Waals surface area contributed by atoms with Crippen LogP contribution in [-0.4, -0.2) is 15.2 Å². The topological polar surface area (TPSA) is 56.2 Å². The Labute approximate surface area is 89.2 Å². The molecule has 0 fully saturated rings. The first kappa shape index (κ1) is 9.15. The van der Waals surface area contributed by atoms with Crippen molar-refractivity contribution in [3.05, 3.63) is 34.8 Å². The van der Waals surface area contributed by atoms with Gasteiger partial charge in [0.1, 0.15) is 0 Å². The first-order valence-corrected chi connectivity index (χ1v) is 4.84. The fourth-order valence-corrected chi connectivity index (χ4v) is 1.84. The lowest BCUT2D eigenvalue weighted by Crippen LogP contribution is -1.74. The molecule has 0 saturated carbocycles. The molecule has 0 amide bonds. The van der Waals surface area contributed by atoms with E-state index in [1.807, 2.05) is 30.3 Å². The second-order valence-corrected chi connectivity index (χ2v) is 3.67. The average molecular weight is 254 g/mol. The zero-order valence-corrected chi connectivity index (χ0v) is 8.75. The highest BCUT2D eigenvalue weighted by Gasteiger charge is 2.15. The SMILES string of the molecule is Oc1[nH]c(O)c(-c2ccccc2)c1Br. The number of H-pyrrole nitrogens is 1. The van der Waals surface area contributed by atoms with E-state index in [1.54, 1.807) is 0 Å². The second kappa shape index (κ2) is 3.38. The third-order valence-electron chi connectivity index (χ3n) is 1.96. The van der Waals surface area contributed by atoms with E-state index >= 15 is 0 Å². The van der Waals surface area contributed by atoms with Crippen molar-refractivity contribution in [3.8, 4) is 22.9 Å². The third kappa shape index (κ3) is 1.37. The molecule has 0 radical (unpaired) electrons. The van der Waals surface area contributed by atoms with Gasteiger partial charge in [-0.3, -0.25) is 4.98 Å². The summed E-state index contributed by atoms with van der Waals surface area (Å²) in [5.74, 6) is -0.109. The molecule has 0 spiro atoms. The Balaban J connectivity index is 2.62. The van der Waals surface area contributed by atoms with E-state index in [1.165, 1.54) is 0 Å². The van der Waals surface area contributed by atoms with Crippen LogP contribution in [0, 0.1) is 0 Å². The van der Waals surface area contributed by atoms with Crippen molar-refractivity contribution < 1.29 is 10.2 Å². The quantitative estimate of drug-likeness (QED) is 0.732. The Bertz CT molecular complexity index is 451. The zero-order valence-electron chi connectivity index (χ0n) is 7.16. The van der Waals surface area contributed by atoms with Crippen molar-refractivity contribution in [2.24, 2.45) is 0 Å². The minimum atomic E-state index is -0.0682. The molecule has 0 atom stereocenters. The van der Waals surface area contributed by atoms with Crippen LogP contribution in [0.1, 0.15) is 0 Å². The molecule has 1 heterocycles. The van der Waals surface area contributed by atoms with Gasteiger partial charge >= 0.3 is 0 Å². The van der Waals surface area contributed by atoms with Gasteiger partial charge in [0.2, 0.25) is 11.8 Å². The standard InChI is InChI=1S/C10H8BrNO2/c11-8-7(9(13)12-10(8)14)6-4-2-1-3-5-6/h1-5,12-14H. The molecule has 4 heteroatoms. The largest absolute Gasteiger partial charge is 0.494 e.